The zero-order chi connectivity index (χ0) is 17.2. The van der Waals surface area contributed by atoms with Gasteiger partial charge in [-0.05, 0) is 25.0 Å². The normalized spacial score (nSPS) is 15.5. The highest BCUT2D eigenvalue weighted by Gasteiger charge is 2.30. The fraction of sp³-hybridized carbons (Fsp3) is 0.375. The summed E-state index contributed by atoms with van der Waals surface area (Å²) in [5.41, 5.74) is 1.68. The van der Waals surface area contributed by atoms with E-state index in [9.17, 15) is 13.2 Å². The highest BCUT2D eigenvalue weighted by Crippen LogP contribution is 2.28. The molecule has 1 aliphatic rings. The van der Waals surface area contributed by atoms with E-state index in [2.05, 4.69) is 26.2 Å². The van der Waals surface area contributed by atoms with Crippen molar-refractivity contribution in [3.63, 3.8) is 0 Å². The Bertz CT molecular complexity index is 843. The Kier molecular flexibility index (Phi) is 5.36. The molecule has 3 rings (SSSR count). The van der Waals surface area contributed by atoms with Crippen molar-refractivity contribution in [3.05, 3.63) is 34.1 Å². The maximum absolute atomic E-state index is 12.2. The SMILES string of the molecule is O=C(CS(=O)(=O)C1CCCC1)Nc1nc(-c2cccc(Br)c2)cs1. The lowest BCUT2D eigenvalue weighted by atomic mass is 10.2. The number of nitrogens with zero attached hydrogens (tertiary/aromatic N) is 1. The van der Waals surface area contributed by atoms with Crippen molar-refractivity contribution in [1.82, 2.24) is 4.98 Å². The van der Waals surface area contributed by atoms with Gasteiger partial charge >= 0.3 is 0 Å². The molecule has 1 amide bonds. The van der Waals surface area contributed by atoms with Gasteiger partial charge in [-0.2, -0.15) is 0 Å². The smallest absolute Gasteiger partial charge is 0.241 e. The number of thiazole rings is 1. The van der Waals surface area contributed by atoms with Crippen LogP contribution in [0, 0.1) is 0 Å². The second-order valence-corrected chi connectivity index (χ2v) is 9.86. The Labute approximate surface area is 153 Å². The van der Waals surface area contributed by atoms with Crippen LogP contribution >= 0.6 is 27.3 Å². The summed E-state index contributed by atoms with van der Waals surface area (Å²) >= 11 is 4.69. The Morgan fingerprint density at radius 1 is 1.33 bits per heavy atom. The standard InChI is InChI=1S/C16H17BrN2O3S2/c17-12-5-3-4-11(8-12)14-9-23-16(18-14)19-15(20)10-24(21,22)13-6-1-2-7-13/h3-5,8-9,13H,1-2,6-7,10H2,(H,18,19,20). The first-order valence-electron chi connectivity index (χ1n) is 7.67. The molecule has 0 aliphatic heterocycles. The van der Waals surface area contributed by atoms with Crippen LogP contribution in [0.25, 0.3) is 11.3 Å². The Balaban J connectivity index is 1.65. The van der Waals surface area contributed by atoms with E-state index in [1.165, 1.54) is 11.3 Å². The van der Waals surface area contributed by atoms with Gasteiger partial charge in [0.2, 0.25) is 5.91 Å². The molecule has 1 saturated carbocycles. The van der Waals surface area contributed by atoms with Gasteiger partial charge in [-0.1, -0.05) is 40.9 Å². The molecule has 0 bridgehead atoms. The molecular formula is C16H17BrN2O3S2. The molecule has 0 spiro atoms. The first-order chi connectivity index (χ1) is 11.4. The Morgan fingerprint density at radius 2 is 2.08 bits per heavy atom. The molecule has 0 radical (unpaired) electrons. The number of anilines is 1. The molecular weight excluding hydrogens is 412 g/mol. The molecule has 1 aliphatic carbocycles. The van der Waals surface area contributed by atoms with Crippen molar-refractivity contribution in [1.29, 1.82) is 0 Å². The van der Waals surface area contributed by atoms with Crippen LogP contribution in [-0.4, -0.2) is 30.3 Å². The van der Waals surface area contributed by atoms with Crippen LogP contribution in [0.15, 0.2) is 34.1 Å². The van der Waals surface area contributed by atoms with E-state index in [0.29, 0.717) is 18.0 Å². The minimum absolute atomic E-state index is 0.364. The number of amides is 1. The van der Waals surface area contributed by atoms with Crippen molar-refractivity contribution in [3.8, 4) is 11.3 Å². The quantitative estimate of drug-likeness (QED) is 0.783. The van der Waals surface area contributed by atoms with Gasteiger partial charge in [0.1, 0.15) is 5.75 Å². The summed E-state index contributed by atoms with van der Waals surface area (Å²) in [6.07, 6.45) is 3.18. The summed E-state index contributed by atoms with van der Waals surface area (Å²) in [5.74, 6) is -0.985. The van der Waals surface area contributed by atoms with Crippen LogP contribution in [0.2, 0.25) is 0 Å². The van der Waals surface area contributed by atoms with Gasteiger partial charge in [0.25, 0.3) is 0 Å². The van der Waals surface area contributed by atoms with E-state index in [4.69, 9.17) is 0 Å². The lowest BCUT2D eigenvalue weighted by Crippen LogP contribution is -2.29. The van der Waals surface area contributed by atoms with Gasteiger partial charge in [-0.3, -0.25) is 4.79 Å². The molecule has 0 unspecified atom stereocenters. The van der Waals surface area contributed by atoms with Crippen molar-refractivity contribution >= 4 is 48.1 Å². The number of hydrogen-bond acceptors (Lipinski definition) is 5. The predicted molar refractivity (Wildman–Crippen MR) is 99.9 cm³/mol. The predicted octanol–water partition coefficient (Wildman–Crippen LogP) is 3.87. The molecule has 128 valence electrons. The summed E-state index contributed by atoms with van der Waals surface area (Å²) in [7, 11) is -3.37. The zero-order valence-corrected chi connectivity index (χ0v) is 16.1. The molecule has 1 N–H and O–H groups in total. The van der Waals surface area contributed by atoms with E-state index in [0.717, 1.165) is 28.6 Å². The molecule has 5 nitrogen and oxygen atoms in total. The molecule has 1 heterocycles. The molecule has 1 aromatic heterocycles. The summed E-state index contributed by atoms with van der Waals surface area (Å²) in [6.45, 7) is 0. The van der Waals surface area contributed by atoms with Crippen molar-refractivity contribution in [2.24, 2.45) is 0 Å². The maximum atomic E-state index is 12.2. The number of rotatable bonds is 5. The number of aromatic nitrogens is 1. The summed E-state index contributed by atoms with van der Waals surface area (Å²) in [6, 6.07) is 7.69. The second-order valence-electron chi connectivity index (χ2n) is 5.81. The number of halogens is 1. The number of benzene rings is 1. The first-order valence-corrected chi connectivity index (χ1v) is 11.1. The fourth-order valence-electron chi connectivity index (χ4n) is 2.81. The van der Waals surface area contributed by atoms with E-state index >= 15 is 0 Å². The van der Waals surface area contributed by atoms with E-state index in [-0.39, 0.29) is 5.25 Å². The zero-order valence-electron chi connectivity index (χ0n) is 12.9. The number of nitrogens with one attached hydrogen (secondary N) is 1. The van der Waals surface area contributed by atoms with Crippen molar-refractivity contribution in [2.75, 3.05) is 11.1 Å². The molecule has 0 atom stereocenters. The maximum Gasteiger partial charge on any atom is 0.241 e. The van der Waals surface area contributed by atoms with Crippen LogP contribution < -0.4 is 5.32 Å². The summed E-state index contributed by atoms with van der Waals surface area (Å²) < 4.78 is 25.4. The minimum Gasteiger partial charge on any atom is -0.301 e. The number of sulfone groups is 1. The molecule has 8 heteroatoms. The van der Waals surface area contributed by atoms with Crippen molar-refractivity contribution in [2.45, 2.75) is 30.9 Å². The van der Waals surface area contributed by atoms with Crippen LogP contribution in [0.5, 0.6) is 0 Å². The largest absolute Gasteiger partial charge is 0.301 e. The van der Waals surface area contributed by atoms with Crippen LogP contribution in [-0.2, 0) is 14.6 Å². The van der Waals surface area contributed by atoms with Gasteiger partial charge < -0.3 is 5.32 Å². The topological polar surface area (TPSA) is 76.1 Å². The minimum atomic E-state index is -3.37. The third-order valence-corrected chi connectivity index (χ3v) is 7.42. The molecule has 24 heavy (non-hydrogen) atoms. The number of carbonyl (C=O) groups is 1. The van der Waals surface area contributed by atoms with Gasteiger partial charge in [-0.15, -0.1) is 11.3 Å². The molecule has 0 saturated heterocycles. The van der Waals surface area contributed by atoms with Gasteiger partial charge in [0, 0.05) is 15.4 Å². The lowest BCUT2D eigenvalue weighted by molar-refractivity contribution is -0.113. The Morgan fingerprint density at radius 3 is 2.79 bits per heavy atom. The van der Waals surface area contributed by atoms with Gasteiger partial charge in [0.15, 0.2) is 15.0 Å². The Hall–Kier alpha value is -1.25. The average molecular weight is 429 g/mol. The van der Waals surface area contributed by atoms with Crippen molar-refractivity contribution < 1.29 is 13.2 Å². The third-order valence-electron chi connectivity index (χ3n) is 4.01. The van der Waals surface area contributed by atoms with Crippen LogP contribution in [0.3, 0.4) is 0 Å². The highest BCUT2D eigenvalue weighted by molar-refractivity contribution is 9.10. The van der Waals surface area contributed by atoms with E-state index in [1.54, 1.807) is 0 Å². The highest BCUT2D eigenvalue weighted by atomic mass is 79.9. The lowest BCUT2D eigenvalue weighted by Gasteiger charge is -2.10. The molecule has 1 aromatic carbocycles. The molecule has 2 aromatic rings. The number of carbonyl (C=O) groups excluding carboxylic acids is 1. The summed E-state index contributed by atoms with van der Waals surface area (Å²) in [4.78, 5) is 16.4. The van der Waals surface area contributed by atoms with Gasteiger partial charge in [-0.25, -0.2) is 13.4 Å². The summed E-state index contributed by atoms with van der Waals surface area (Å²) in [5, 5.41) is 4.49. The monoisotopic (exact) mass is 428 g/mol. The second kappa shape index (κ2) is 7.33. The van der Waals surface area contributed by atoms with Crippen LogP contribution in [0.1, 0.15) is 25.7 Å². The van der Waals surface area contributed by atoms with Gasteiger partial charge in [0.05, 0.1) is 10.9 Å². The average Bonchev–Trinajstić information content (AvgIpc) is 3.18. The van der Waals surface area contributed by atoms with Crippen LogP contribution in [0.4, 0.5) is 5.13 Å². The van der Waals surface area contributed by atoms with E-state index in [1.807, 2.05) is 29.6 Å². The fourth-order valence-corrected chi connectivity index (χ4v) is 5.67. The first kappa shape index (κ1) is 17.6. The third kappa shape index (κ3) is 4.23. The molecule has 1 fully saturated rings. The van der Waals surface area contributed by atoms with E-state index < -0.39 is 21.5 Å². The number of hydrogen-bond donors (Lipinski definition) is 1.